The molecule has 0 unspecified atom stereocenters. The number of carbonyl (C=O) groups is 1. The molecule has 0 fully saturated rings. The van der Waals surface area contributed by atoms with Crippen molar-refractivity contribution in [2.24, 2.45) is 0 Å². The number of thioether (sulfide) groups is 1. The Bertz CT molecular complexity index is 785. The molecule has 5 nitrogen and oxygen atoms in total. The van der Waals surface area contributed by atoms with Gasteiger partial charge in [0.1, 0.15) is 12.7 Å². The van der Waals surface area contributed by atoms with Crippen LogP contribution in [0.5, 0.6) is 0 Å². The van der Waals surface area contributed by atoms with E-state index in [1.54, 1.807) is 34.1 Å². The first-order valence-electron chi connectivity index (χ1n) is 7.96. The van der Waals surface area contributed by atoms with Crippen LogP contribution in [-0.4, -0.2) is 38.4 Å². The standard InChI is InChI=1S/C18H20N4OS2/c1-14(15-5-7-16(8-6-15)22-13-19-12-20-22)21(2)18(23)11-24-10-17-4-3-9-25-17/h3-9,12-14H,10-11H2,1-2H3/t14-/m0/s1. The van der Waals surface area contributed by atoms with Crippen LogP contribution in [0.1, 0.15) is 23.4 Å². The van der Waals surface area contributed by atoms with Crippen LogP contribution < -0.4 is 0 Å². The number of aromatic nitrogens is 3. The van der Waals surface area contributed by atoms with Gasteiger partial charge < -0.3 is 4.90 Å². The Labute approximate surface area is 155 Å². The van der Waals surface area contributed by atoms with Gasteiger partial charge >= 0.3 is 0 Å². The summed E-state index contributed by atoms with van der Waals surface area (Å²) in [4.78, 5) is 19.5. The van der Waals surface area contributed by atoms with E-state index in [0.717, 1.165) is 17.0 Å². The van der Waals surface area contributed by atoms with Crippen LogP contribution in [0, 0.1) is 0 Å². The summed E-state index contributed by atoms with van der Waals surface area (Å²) in [6.45, 7) is 2.05. The van der Waals surface area contributed by atoms with Crippen LogP contribution in [0.15, 0.2) is 54.4 Å². The Morgan fingerprint density at radius 3 is 2.76 bits per heavy atom. The number of rotatable bonds is 7. The van der Waals surface area contributed by atoms with Gasteiger partial charge in [-0.2, -0.15) is 5.10 Å². The first-order valence-corrected chi connectivity index (χ1v) is 9.99. The van der Waals surface area contributed by atoms with Crippen LogP contribution in [-0.2, 0) is 10.5 Å². The fourth-order valence-corrected chi connectivity index (χ4v) is 4.21. The van der Waals surface area contributed by atoms with Crippen molar-refractivity contribution in [3.05, 3.63) is 64.9 Å². The van der Waals surface area contributed by atoms with E-state index in [0.29, 0.717) is 5.75 Å². The van der Waals surface area contributed by atoms with Crippen molar-refractivity contribution >= 4 is 29.0 Å². The number of thiophene rings is 1. The topological polar surface area (TPSA) is 51.0 Å². The Kier molecular flexibility index (Phi) is 5.88. The second-order valence-corrected chi connectivity index (χ2v) is 7.70. The first kappa shape index (κ1) is 17.7. The Balaban J connectivity index is 1.55. The molecule has 130 valence electrons. The smallest absolute Gasteiger partial charge is 0.232 e. The molecule has 0 saturated carbocycles. The van der Waals surface area contributed by atoms with E-state index in [2.05, 4.69) is 21.5 Å². The molecule has 0 bridgehead atoms. The second kappa shape index (κ2) is 8.31. The van der Waals surface area contributed by atoms with Crippen LogP contribution in [0.4, 0.5) is 0 Å². The minimum Gasteiger partial charge on any atom is -0.338 e. The van der Waals surface area contributed by atoms with Gasteiger partial charge in [0.2, 0.25) is 5.91 Å². The van der Waals surface area contributed by atoms with Gasteiger partial charge in [-0.05, 0) is 36.1 Å². The SMILES string of the molecule is C[C@@H](c1ccc(-n2cncn2)cc1)N(C)C(=O)CSCc1cccs1. The van der Waals surface area contributed by atoms with E-state index in [1.807, 2.05) is 49.2 Å². The molecule has 2 heterocycles. The largest absolute Gasteiger partial charge is 0.338 e. The van der Waals surface area contributed by atoms with Crippen LogP contribution in [0.2, 0.25) is 0 Å². The van der Waals surface area contributed by atoms with Crippen LogP contribution in [0.25, 0.3) is 5.69 Å². The molecule has 0 aliphatic heterocycles. The monoisotopic (exact) mass is 372 g/mol. The third-order valence-electron chi connectivity index (χ3n) is 4.08. The highest BCUT2D eigenvalue weighted by molar-refractivity contribution is 7.99. The van der Waals surface area contributed by atoms with E-state index in [1.165, 1.54) is 11.2 Å². The van der Waals surface area contributed by atoms with Gasteiger partial charge in [0, 0.05) is 17.7 Å². The van der Waals surface area contributed by atoms with Crippen molar-refractivity contribution < 1.29 is 4.79 Å². The minimum absolute atomic E-state index is 0.0274. The molecular weight excluding hydrogens is 352 g/mol. The van der Waals surface area contributed by atoms with Gasteiger partial charge in [0.05, 0.1) is 17.5 Å². The van der Waals surface area contributed by atoms with E-state index in [4.69, 9.17) is 0 Å². The van der Waals surface area contributed by atoms with Gasteiger partial charge in [-0.3, -0.25) is 4.79 Å². The summed E-state index contributed by atoms with van der Waals surface area (Å²) >= 11 is 3.39. The zero-order valence-corrected chi connectivity index (χ0v) is 15.8. The summed E-state index contributed by atoms with van der Waals surface area (Å²) in [5, 5.41) is 6.18. The third-order valence-corrected chi connectivity index (χ3v) is 6.11. The fraction of sp³-hybridized carbons (Fsp3) is 0.278. The molecule has 2 aromatic heterocycles. The molecule has 0 saturated heterocycles. The Morgan fingerprint density at radius 1 is 1.32 bits per heavy atom. The average Bonchev–Trinajstić information content (AvgIpc) is 3.34. The molecule has 0 spiro atoms. The van der Waals surface area contributed by atoms with Gasteiger partial charge in [0.15, 0.2) is 0 Å². The summed E-state index contributed by atoms with van der Waals surface area (Å²) in [5.74, 6) is 1.53. The lowest BCUT2D eigenvalue weighted by atomic mass is 10.1. The normalized spacial score (nSPS) is 12.1. The van der Waals surface area contributed by atoms with E-state index in [-0.39, 0.29) is 11.9 Å². The number of amides is 1. The molecule has 1 atom stereocenters. The highest BCUT2D eigenvalue weighted by Crippen LogP contribution is 2.22. The van der Waals surface area contributed by atoms with Crippen LogP contribution in [0.3, 0.4) is 0 Å². The maximum absolute atomic E-state index is 12.4. The summed E-state index contributed by atoms with van der Waals surface area (Å²) < 4.78 is 1.71. The van der Waals surface area contributed by atoms with E-state index in [9.17, 15) is 4.79 Å². The predicted molar refractivity (Wildman–Crippen MR) is 103 cm³/mol. The molecule has 0 radical (unpaired) electrons. The lowest BCUT2D eigenvalue weighted by Gasteiger charge is -2.25. The molecule has 0 aliphatic rings. The lowest BCUT2D eigenvalue weighted by molar-refractivity contribution is -0.128. The summed E-state index contributed by atoms with van der Waals surface area (Å²) in [7, 11) is 1.87. The average molecular weight is 373 g/mol. The van der Waals surface area contributed by atoms with Crippen LogP contribution >= 0.6 is 23.1 Å². The second-order valence-electron chi connectivity index (χ2n) is 5.68. The van der Waals surface area contributed by atoms with Gasteiger partial charge in [-0.25, -0.2) is 9.67 Å². The third kappa shape index (κ3) is 4.49. The van der Waals surface area contributed by atoms with Crippen molar-refractivity contribution in [1.29, 1.82) is 0 Å². The van der Waals surface area contributed by atoms with E-state index >= 15 is 0 Å². The molecule has 0 N–H and O–H groups in total. The molecule has 7 heteroatoms. The molecule has 3 aromatic rings. The zero-order chi connectivity index (χ0) is 17.6. The molecule has 3 rings (SSSR count). The quantitative estimate of drug-likeness (QED) is 0.633. The summed E-state index contributed by atoms with van der Waals surface area (Å²) in [5.41, 5.74) is 2.05. The number of benzene rings is 1. The van der Waals surface area contributed by atoms with Crippen molar-refractivity contribution in [1.82, 2.24) is 19.7 Å². The summed E-state index contributed by atoms with van der Waals surface area (Å²) in [6.07, 6.45) is 3.18. The Morgan fingerprint density at radius 2 is 2.12 bits per heavy atom. The zero-order valence-electron chi connectivity index (χ0n) is 14.2. The number of hydrogen-bond donors (Lipinski definition) is 0. The highest BCUT2D eigenvalue weighted by atomic mass is 32.2. The Hall–Kier alpha value is -2.12. The molecule has 0 aliphatic carbocycles. The van der Waals surface area contributed by atoms with Crippen molar-refractivity contribution in [2.45, 2.75) is 18.7 Å². The highest BCUT2D eigenvalue weighted by Gasteiger charge is 2.17. The minimum atomic E-state index is 0.0274. The van der Waals surface area contributed by atoms with E-state index < -0.39 is 0 Å². The predicted octanol–water partition coefficient (Wildman–Crippen LogP) is 3.78. The fourth-order valence-electron chi connectivity index (χ4n) is 2.42. The van der Waals surface area contributed by atoms with Gasteiger partial charge in [-0.15, -0.1) is 23.1 Å². The van der Waals surface area contributed by atoms with Gasteiger partial charge in [0.25, 0.3) is 0 Å². The summed E-state index contributed by atoms with van der Waals surface area (Å²) in [6, 6.07) is 12.2. The molecule has 25 heavy (non-hydrogen) atoms. The maximum Gasteiger partial charge on any atom is 0.232 e. The molecule has 1 amide bonds. The lowest BCUT2D eigenvalue weighted by Crippen LogP contribution is -2.31. The van der Waals surface area contributed by atoms with Crippen molar-refractivity contribution in [3.8, 4) is 5.69 Å². The number of hydrogen-bond acceptors (Lipinski definition) is 5. The molecule has 1 aromatic carbocycles. The van der Waals surface area contributed by atoms with Crippen molar-refractivity contribution in [3.63, 3.8) is 0 Å². The maximum atomic E-state index is 12.4. The molecular formula is C18H20N4OS2. The number of nitrogens with zero attached hydrogens (tertiary/aromatic N) is 4. The van der Waals surface area contributed by atoms with Crippen molar-refractivity contribution in [2.75, 3.05) is 12.8 Å². The van der Waals surface area contributed by atoms with Gasteiger partial charge in [-0.1, -0.05) is 18.2 Å². The number of carbonyl (C=O) groups excluding carboxylic acids is 1. The first-order chi connectivity index (χ1) is 12.1.